The fourth-order valence-electron chi connectivity index (χ4n) is 2.76. The van der Waals surface area contributed by atoms with Crippen LogP contribution in [0.3, 0.4) is 0 Å². The molecule has 0 saturated carbocycles. The molecular weight excluding hydrogens is 210 g/mol. The molecule has 1 fully saturated rings. The fraction of sp³-hybridized carbons (Fsp3) is 1.00. The average molecular weight is 241 g/mol. The molecule has 1 rings (SSSR count). The van der Waals surface area contributed by atoms with E-state index in [0.29, 0.717) is 6.04 Å². The molecule has 0 bridgehead atoms. The van der Waals surface area contributed by atoms with Crippen molar-refractivity contribution in [3.8, 4) is 0 Å². The average Bonchev–Trinajstić information content (AvgIpc) is 2.35. The third-order valence-corrected chi connectivity index (χ3v) is 4.21. The minimum Gasteiger partial charge on any atom is -0.318 e. The van der Waals surface area contributed by atoms with Crippen molar-refractivity contribution >= 4 is 0 Å². The Bertz CT molecular complexity index is 198. The largest absolute Gasteiger partial charge is 0.318 e. The lowest BCUT2D eigenvalue weighted by Crippen LogP contribution is -2.55. The van der Waals surface area contributed by atoms with Crippen molar-refractivity contribution < 1.29 is 0 Å². The van der Waals surface area contributed by atoms with E-state index >= 15 is 0 Å². The smallest absolute Gasteiger partial charge is 0.0244 e. The van der Waals surface area contributed by atoms with Crippen LogP contribution in [0.4, 0.5) is 0 Å². The van der Waals surface area contributed by atoms with E-state index in [1.807, 2.05) is 0 Å². The second-order valence-electron chi connectivity index (χ2n) is 5.70. The van der Waals surface area contributed by atoms with Gasteiger partial charge in [-0.05, 0) is 26.3 Å². The van der Waals surface area contributed by atoms with E-state index in [9.17, 15) is 0 Å². The van der Waals surface area contributed by atoms with Crippen molar-refractivity contribution in [1.29, 1.82) is 0 Å². The van der Waals surface area contributed by atoms with Gasteiger partial charge in [-0.25, -0.2) is 0 Å². The fourth-order valence-corrected chi connectivity index (χ4v) is 2.76. The van der Waals surface area contributed by atoms with Gasteiger partial charge < -0.3 is 5.32 Å². The lowest BCUT2D eigenvalue weighted by molar-refractivity contribution is 0.0576. The second-order valence-corrected chi connectivity index (χ2v) is 5.70. The first-order valence-electron chi connectivity index (χ1n) is 7.22. The van der Waals surface area contributed by atoms with Gasteiger partial charge in [0, 0.05) is 44.8 Å². The van der Waals surface area contributed by atoms with Crippen LogP contribution < -0.4 is 5.32 Å². The molecule has 2 unspecified atom stereocenters. The van der Waals surface area contributed by atoms with Crippen LogP contribution in [0.25, 0.3) is 0 Å². The highest BCUT2D eigenvalue weighted by Gasteiger charge is 2.26. The molecule has 17 heavy (non-hydrogen) atoms. The molecule has 0 spiro atoms. The van der Waals surface area contributed by atoms with Gasteiger partial charge in [0.25, 0.3) is 0 Å². The summed E-state index contributed by atoms with van der Waals surface area (Å²) in [4.78, 5) is 5.30. The van der Waals surface area contributed by atoms with Crippen LogP contribution in [0.1, 0.15) is 34.1 Å². The highest BCUT2D eigenvalue weighted by Crippen LogP contribution is 2.15. The lowest BCUT2D eigenvalue weighted by atomic mass is 10.0. The summed E-state index contributed by atoms with van der Waals surface area (Å²) < 4.78 is 0. The first-order valence-corrected chi connectivity index (χ1v) is 7.22. The first-order chi connectivity index (χ1) is 8.10. The summed E-state index contributed by atoms with van der Waals surface area (Å²) in [5.41, 5.74) is 0. The maximum absolute atomic E-state index is 3.34. The standard InChI is InChI=1S/C14H31N3/c1-6-13(4)16-7-9-17(10-8-16)14(11-15-5)12(2)3/h12-15H,6-11H2,1-5H3. The third-order valence-electron chi connectivity index (χ3n) is 4.21. The number of likely N-dealkylation sites (N-methyl/N-ethyl adjacent to an activating group) is 1. The molecule has 2 atom stereocenters. The molecule has 0 amide bonds. The van der Waals surface area contributed by atoms with Crippen LogP contribution in [0.15, 0.2) is 0 Å². The monoisotopic (exact) mass is 241 g/mol. The highest BCUT2D eigenvalue weighted by atomic mass is 15.3. The SMILES string of the molecule is CCC(C)N1CCN(C(CNC)C(C)C)CC1. The molecule has 1 N–H and O–H groups in total. The third kappa shape index (κ3) is 4.23. The van der Waals surface area contributed by atoms with Crippen LogP contribution in [0.5, 0.6) is 0 Å². The van der Waals surface area contributed by atoms with E-state index in [2.05, 4.69) is 49.9 Å². The summed E-state index contributed by atoms with van der Waals surface area (Å²) in [6, 6.07) is 1.44. The number of nitrogens with zero attached hydrogens (tertiary/aromatic N) is 2. The van der Waals surface area contributed by atoms with E-state index in [-0.39, 0.29) is 0 Å². The van der Waals surface area contributed by atoms with Crippen LogP contribution >= 0.6 is 0 Å². The maximum atomic E-state index is 3.34. The van der Waals surface area contributed by atoms with Crippen molar-refractivity contribution in [3.05, 3.63) is 0 Å². The summed E-state index contributed by atoms with van der Waals surface area (Å²) in [7, 11) is 2.06. The van der Waals surface area contributed by atoms with Crippen molar-refractivity contribution in [2.75, 3.05) is 39.8 Å². The van der Waals surface area contributed by atoms with Gasteiger partial charge in [0.05, 0.1) is 0 Å². The quantitative estimate of drug-likeness (QED) is 0.763. The maximum Gasteiger partial charge on any atom is 0.0244 e. The Labute approximate surface area is 108 Å². The van der Waals surface area contributed by atoms with Crippen LogP contribution in [0, 0.1) is 5.92 Å². The zero-order valence-electron chi connectivity index (χ0n) is 12.4. The van der Waals surface area contributed by atoms with Crippen molar-refractivity contribution in [2.24, 2.45) is 5.92 Å². The van der Waals surface area contributed by atoms with E-state index in [4.69, 9.17) is 0 Å². The summed E-state index contributed by atoms with van der Waals surface area (Å²) in [6.45, 7) is 15.4. The number of piperazine rings is 1. The molecule has 1 saturated heterocycles. The minimum atomic E-state index is 0.694. The molecule has 0 aromatic heterocycles. The zero-order chi connectivity index (χ0) is 12.8. The molecule has 102 valence electrons. The van der Waals surface area contributed by atoms with Crippen LogP contribution in [-0.4, -0.2) is 61.7 Å². The van der Waals surface area contributed by atoms with E-state index < -0.39 is 0 Å². The second kappa shape index (κ2) is 7.34. The number of hydrogen-bond donors (Lipinski definition) is 1. The number of hydrogen-bond acceptors (Lipinski definition) is 3. The molecule has 1 heterocycles. The molecular formula is C14H31N3. The van der Waals surface area contributed by atoms with Gasteiger partial charge in [-0.1, -0.05) is 20.8 Å². The zero-order valence-corrected chi connectivity index (χ0v) is 12.4. The summed E-state index contributed by atoms with van der Waals surface area (Å²) >= 11 is 0. The van der Waals surface area contributed by atoms with E-state index in [0.717, 1.165) is 18.5 Å². The Morgan fingerprint density at radius 3 is 1.94 bits per heavy atom. The van der Waals surface area contributed by atoms with Crippen LogP contribution in [0.2, 0.25) is 0 Å². The Morgan fingerprint density at radius 1 is 1.00 bits per heavy atom. The van der Waals surface area contributed by atoms with Gasteiger partial charge >= 0.3 is 0 Å². The molecule has 0 aliphatic carbocycles. The molecule has 3 nitrogen and oxygen atoms in total. The summed E-state index contributed by atoms with van der Waals surface area (Å²) in [6.07, 6.45) is 1.27. The topological polar surface area (TPSA) is 18.5 Å². The van der Waals surface area contributed by atoms with Gasteiger partial charge in [-0.3, -0.25) is 9.80 Å². The van der Waals surface area contributed by atoms with Gasteiger partial charge in [0.2, 0.25) is 0 Å². The van der Waals surface area contributed by atoms with E-state index in [1.54, 1.807) is 0 Å². The predicted molar refractivity (Wildman–Crippen MR) is 75.5 cm³/mol. The van der Waals surface area contributed by atoms with Crippen molar-refractivity contribution in [2.45, 2.75) is 46.2 Å². The predicted octanol–water partition coefficient (Wildman–Crippen LogP) is 1.65. The molecule has 0 aromatic rings. The molecule has 1 aliphatic heterocycles. The molecule has 3 heteroatoms. The van der Waals surface area contributed by atoms with Gasteiger partial charge in [0.1, 0.15) is 0 Å². The Balaban J connectivity index is 2.43. The highest BCUT2D eigenvalue weighted by molar-refractivity contribution is 4.83. The van der Waals surface area contributed by atoms with Crippen molar-refractivity contribution in [3.63, 3.8) is 0 Å². The Hall–Kier alpha value is -0.120. The van der Waals surface area contributed by atoms with Crippen molar-refractivity contribution in [1.82, 2.24) is 15.1 Å². The molecule has 0 aromatic carbocycles. The number of rotatable bonds is 6. The lowest BCUT2D eigenvalue weighted by Gasteiger charge is -2.42. The molecule has 1 aliphatic rings. The van der Waals surface area contributed by atoms with Gasteiger partial charge in [-0.2, -0.15) is 0 Å². The first kappa shape index (κ1) is 14.9. The van der Waals surface area contributed by atoms with Gasteiger partial charge in [-0.15, -0.1) is 0 Å². The number of nitrogens with one attached hydrogen (secondary N) is 1. The normalized spacial score (nSPS) is 22.9. The van der Waals surface area contributed by atoms with Gasteiger partial charge in [0.15, 0.2) is 0 Å². The summed E-state index contributed by atoms with van der Waals surface area (Å²) in [5, 5.41) is 3.34. The Morgan fingerprint density at radius 2 is 1.53 bits per heavy atom. The Kier molecular flexibility index (Phi) is 6.45. The minimum absolute atomic E-state index is 0.694. The van der Waals surface area contributed by atoms with E-state index in [1.165, 1.54) is 32.6 Å². The summed E-state index contributed by atoms with van der Waals surface area (Å²) in [5.74, 6) is 0.734. The molecule has 0 radical (unpaired) electrons. The van der Waals surface area contributed by atoms with Crippen LogP contribution in [-0.2, 0) is 0 Å².